The molecule has 2 aromatic rings. The average Bonchev–Trinajstić information content (AvgIpc) is 2.79. The third-order valence-electron chi connectivity index (χ3n) is 5.68. The highest BCUT2D eigenvalue weighted by molar-refractivity contribution is 5.51. The first kappa shape index (κ1) is 18.7. The minimum atomic E-state index is 0.755. The highest BCUT2D eigenvalue weighted by Crippen LogP contribution is 2.22. The van der Waals surface area contributed by atoms with E-state index in [1.165, 1.54) is 5.69 Å². The van der Waals surface area contributed by atoms with Gasteiger partial charge in [-0.1, -0.05) is 6.92 Å². The lowest BCUT2D eigenvalue weighted by Crippen LogP contribution is -2.48. The SMILES string of the molecule is CCN1CCN(c2nncc(N3CCN(c4ccc(OC)cc4)CC3)n2)CC1. The number of ether oxygens (including phenoxy) is 1. The van der Waals surface area contributed by atoms with Crippen molar-refractivity contribution in [3.8, 4) is 5.75 Å². The Labute approximate surface area is 166 Å². The van der Waals surface area contributed by atoms with Crippen LogP contribution in [0.2, 0.25) is 0 Å². The molecule has 3 heterocycles. The zero-order chi connectivity index (χ0) is 19.3. The lowest BCUT2D eigenvalue weighted by atomic mass is 10.2. The minimum absolute atomic E-state index is 0.755. The highest BCUT2D eigenvalue weighted by atomic mass is 16.5. The van der Waals surface area contributed by atoms with E-state index in [0.29, 0.717) is 0 Å². The van der Waals surface area contributed by atoms with E-state index in [1.54, 1.807) is 13.3 Å². The van der Waals surface area contributed by atoms with Crippen molar-refractivity contribution in [3.05, 3.63) is 30.5 Å². The molecule has 2 aliphatic rings. The van der Waals surface area contributed by atoms with Gasteiger partial charge in [-0.2, -0.15) is 10.1 Å². The van der Waals surface area contributed by atoms with Crippen molar-refractivity contribution in [3.63, 3.8) is 0 Å². The molecule has 0 radical (unpaired) electrons. The van der Waals surface area contributed by atoms with Crippen molar-refractivity contribution >= 4 is 17.5 Å². The molecule has 0 saturated carbocycles. The summed E-state index contributed by atoms with van der Waals surface area (Å²) < 4.78 is 5.25. The summed E-state index contributed by atoms with van der Waals surface area (Å²) in [5, 5.41) is 8.52. The Kier molecular flexibility index (Phi) is 5.76. The van der Waals surface area contributed by atoms with E-state index in [0.717, 1.165) is 76.4 Å². The Morgan fingerprint density at radius 3 is 2.14 bits per heavy atom. The topological polar surface area (TPSA) is 60.9 Å². The number of hydrogen-bond acceptors (Lipinski definition) is 8. The van der Waals surface area contributed by atoms with Crippen LogP contribution in [0.15, 0.2) is 30.5 Å². The predicted molar refractivity (Wildman–Crippen MR) is 112 cm³/mol. The fourth-order valence-corrected chi connectivity index (χ4v) is 3.82. The molecule has 0 spiro atoms. The second-order valence-corrected chi connectivity index (χ2v) is 7.21. The predicted octanol–water partition coefficient (Wildman–Crippen LogP) is 1.35. The van der Waals surface area contributed by atoms with Crippen molar-refractivity contribution in [1.82, 2.24) is 20.1 Å². The van der Waals surface area contributed by atoms with E-state index in [2.05, 4.69) is 48.9 Å². The van der Waals surface area contributed by atoms with Crippen LogP contribution < -0.4 is 19.4 Å². The molecule has 2 aliphatic heterocycles. The number of aromatic nitrogens is 3. The smallest absolute Gasteiger partial charge is 0.247 e. The molecule has 1 aromatic carbocycles. The van der Waals surface area contributed by atoms with E-state index in [9.17, 15) is 0 Å². The molecule has 0 atom stereocenters. The van der Waals surface area contributed by atoms with Gasteiger partial charge in [0.05, 0.1) is 13.3 Å². The van der Waals surface area contributed by atoms with Gasteiger partial charge in [0.25, 0.3) is 0 Å². The molecule has 0 N–H and O–H groups in total. The summed E-state index contributed by atoms with van der Waals surface area (Å²) in [6, 6.07) is 8.27. The van der Waals surface area contributed by atoms with Gasteiger partial charge >= 0.3 is 0 Å². The van der Waals surface area contributed by atoms with Crippen LogP contribution in [-0.4, -0.2) is 86.1 Å². The number of likely N-dealkylation sites (N-methyl/N-ethyl adjacent to an activating group) is 1. The zero-order valence-corrected chi connectivity index (χ0v) is 16.8. The Hall–Kier alpha value is -2.61. The van der Waals surface area contributed by atoms with Crippen LogP contribution in [0.25, 0.3) is 0 Å². The lowest BCUT2D eigenvalue weighted by Gasteiger charge is -2.37. The summed E-state index contributed by atoms with van der Waals surface area (Å²) in [6.07, 6.45) is 1.79. The molecule has 0 bridgehead atoms. The molecule has 1 aromatic heterocycles. The first-order valence-corrected chi connectivity index (χ1v) is 10.1. The van der Waals surface area contributed by atoms with Gasteiger partial charge in [-0.25, -0.2) is 0 Å². The summed E-state index contributed by atoms with van der Waals surface area (Å²) >= 11 is 0. The van der Waals surface area contributed by atoms with Gasteiger partial charge in [0.2, 0.25) is 5.95 Å². The van der Waals surface area contributed by atoms with Crippen molar-refractivity contribution in [2.45, 2.75) is 6.92 Å². The molecule has 2 fully saturated rings. The van der Waals surface area contributed by atoms with Gasteiger partial charge < -0.3 is 24.3 Å². The van der Waals surface area contributed by atoms with Gasteiger partial charge in [0.15, 0.2) is 5.82 Å². The molecule has 2 saturated heterocycles. The number of piperazine rings is 2. The highest BCUT2D eigenvalue weighted by Gasteiger charge is 2.22. The number of methoxy groups -OCH3 is 1. The largest absolute Gasteiger partial charge is 0.497 e. The minimum Gasteiger partial charge on any atom is -0.497 e. The van der Waals surface area contributed by atoms with E-state index in [1.807, 2.05) is 12.1 Å². The monoisotopic (exact) mass is 383 g/mol. The summed E-state index contributed by atoms with van der Waals surface area (Å²) in [5.74, 6) is 2.57. The number of nitrogens with zero attached hydrogens (tertiary/aromatic N) is 7. The maximum Gasteiger partial charge on any atom is 0.247 e. The Morgan fingerprint density at radius 2 is 1.50 bits per heavy atom. The van der Waals surface area contributed by atoms with Crippen LogP contribution >= 0.6 is 0 Å². The molecule has 8 nitrogen and oxygen atoms in total. The average molecular weight is 384 g/mol. The Balaban J connectivity index is 1.36. The van der Waals surface area contributed by atoms with Crippen LogP contribution in [0.4, 0.5) is 17.5 Å². The van der Waals surface area contributed by atoms with E-state index < -0.39 is 0 Å². The number of hydrogen-bond donors (Lipinski definition) is 0. The molecule has 4 rings (SSSR count). The Morgan fingerprint density at radius 1 is 0.857 bits per heavy atom. The number of rotatable bonds is 5. The summed E-state index contributed by atoms with van der Waals surface area (Å²) in [6.45, 7) is 11.1. The van der Waals surface area contributed by atoms with Gasteiger partial charge in [-0.15, -0.1) is 5.10 Å². The molecule has 150 valence electrons. The van der Waals surface area contributed by atoms with Crippen molar-refractivity contribution in [2.75, 3.05) is 80.7 Å². The molecular formula is C20H29N7O. The third-order valence-corrected chi connectivity index (χ3v) is 5.68. The van der Waals surface area contributed by atoms with E-state index >= 15 is 0 Å². The summed E-state index contributed by atoms with van der Waals surface area (Å²) in [5.41, 5.74) is 1.23. The quantitative estimate of drug-likeness (QED) is 0.767. The second-order valence-electron chi connectivity index (χ2n) is 7.21. The molecule has 0 unspecified atom stereocenters. The van der Waals surface area contributed by atoms with Crippen LogP contribution in [-0.2, 0) is 0 Å². The molecule has 0 aliphatic carbocycles. The number of anilines is 3. The van der Waals surface area contributed by atoms with Crippen LogP contribution in [0.1, 0.15) is 6.92 Å². The first-order chi connectivity index (χ1) is 13.8. The van der Waals surface area contributed by atoms with Crippen LogP contribution in [0.5, 0.6) is 5.75 Å². The zero-order valence-electron chi connectivity index (χ0n) is 16.8. The van der Waals surface area contributed by atoms with Gasteiger partial charge in [-0.3, -0.25) is 0 Å². The molecule has 0 amide bonds. The van der Waals surface area contributed by atoms with E-state index in [-0.39, 0.29) is 0 Å². The molecule has 28 heavy (non-hydrogen) atoms. The number of benzene rings is 1. The van der Waals surface area contributed by atoms with Crippen LogP contribution in [0.3, 0.4) is 0 Å². The standard InChI is InChI=1S/C20H29N7O/c1-3-24-8-10-27(11-9-24)20-22-19(16-21-23-20)26-14-12-25(13-15-26)17-4-6-18(28-2)7-5-17/h4-7,16H,3,8-15H2,1-2H3. The van der Waals surface area contributed by atoms with Gasteiger partial charge in [0.1, 0.15) is 5.75 Å². The van der Waals surface area contributed by atoms with Crippen molar-refractivity contribution < 1.29 is 4.74 Å². The van der Waals surface area contributed by atoms with Crippen molar-refractivity contribution in [1.29, 1.82) is 0 Å². The van der Waals surface area contributed by atoms with Crippen LogP contribution in [0, 0.1) is 0 Å². The van der Waals surface area contributed by atoms with Gasteiger partial charge in [-0.05, 0) is 30.8 Å². The van der Waals surface area contributed by atoms with Crippen molar-refractivity contribution in [2.24, 2.45) is 0 Å². The third kappa shape index (κ3) is 4.11. The first-order valence-electron chi connectivity index (χ1n) is 10.1. The normalized spacial score (nSPS) is 18.4. The summed E-state index contributed by atoms with van der Waals surface area (Å²) in [4.78, 5) is 14.2. The molecular weight excluding hydrogens is 354 g/mol. The fourth-order valence-electron chi connectivity index (χ4n) is 3.82. The molecule has 8 heteroatoms. The maximum absolute atomic E-state index is 5.25. The lowest BCUT2D eigenvalue weighted by molar-refractivity contribution is 0.269. The van der Waals surface area contributed by atoms with E-state index in [4.69, 9.17) is 9.72 Å². The maximum atomic E-state index is 5.25. The van der Waals surface area contributed by atoms with Gasteiger partial charge in [0, 0.05) is 58.0 Å². The second kappa shape index (κ2) is 8.60. The Bertz CT molecular complexity index is 753. The fraction of sp³-hybridized carbons (Fsp3) is 0.550. The summed E-state index contributed by atoms with van der Waals surface area (Å²) in [7, 11) is 1.70.